The minimum atomic E-state index is -0.692. The molecule has 1 unspecified atom stereocenters. The molecule has 0 saturated carbocycles. The summed E-state index contributed by atoms with van der Waals surface area (Å²) in [5.41, 5.74) is 0.755. The quantitative estimate of drug-likeness (QED) is 0.673. The first-order valence-corrected chi connectivity index (χ1v) is 9.37. The molecule has 2 aromatic carbocycles. The lowest BCUT2D eigenvalue weighted by Gasteiger charge is -2.16. The smallest absolute Gasteiger partial charge is 0.251 e. The van der Waals surface area contributed by atoms with Gasteiger partial charge in [-0.15, -0.1) is 0 Å². The maximum atomic E-state index is 13.9. The Balaban J connectivity index is 1.35. The van der Waals surface area contributed by atoms with Gasteiger partial charge in [0.05, 0.1) is 6.54 Å². The van der Waals surface area contributed by atoms with E-state index in [4.69, 9.17) is 4.52 Å². The van der Waals surface area contributed by atoms with E-state index >= 15 is 0 Å². The van der Waals surface area contributed by atoms with Gasteiger partial charge in [-0.1, -0.05) is 29.4 Å². The molecule has 2 heterocycles. The molecule has 154 valence electrons. The number of hydrogen-bond acceptors (Lipinski definition) is 5. The molecule has 3 aromatic rings. The second-order valence-electron chi connectivity index (χ2n) is 7.01. The number of halogens is 2. The molecule has 7 nitrogen and oxygen atoms in total. The van der Waals surface area contributed by atoms with Gasteiger partial charge in [-0.2, -0.15) is 4.98 Å². The number of nitrogens with zero attached hydrogens (tertiary/aromatic N) is 3. The van der Waals surface area contributed by atoms with Crippen LogP contribution in [0.5, 0.6) is 0 Å². The second-order valence-corrected chi connectivity index (χ2v) is 7.01. The lowest BCUT2D eigenvalue weighted by Crippen LogP contribution is -2.25. The van der Waals surface area contributed by atoms with E-state index in [2.05, 4.69) is 15.5 Å². The number of benzene rings is 2. The SMILES string of the molecule is O=C(NCc1nc(C2CC(=O)N(Cc3ccc(F)cc3F)C2)no1)c1ccccc1. The molecule has 4 rings (SSSR count). The number of nitrogens with one attached hydrogen (secondary N) is 1. The molecule has 0 spiro atoms. The summed E-state index contributed by atoms with van der Waals surface area (Å²) < 4.78 is 32.1. The van der Waals surface area contributed by atoms with Gasteiger partial charge in [0, 0.05) is 42.6 Å². The van der Waals surface area contributed by atoms with E-state index in [1.807, 2.05) is 6.07 Å². The van der Waals surface area contributed by atoms with Crippen LogP contribution >= 0.6 is 0 Å². The summed E-state index contributed by atoms with van der Waals surface area (Å²) in [6.45, 7) is 0.399. The Hall–Kier alpha value is -3.62. The molecule has 9 heteroatoms. The van der Waals surface area contributed by atoms with E-state index in [9.17, 15) is 18.4 Å². The van der Waals surface area contributed by atoms with Crippen LogP contribution in [0, 0.1) is 11.6 Å². The van der Waals surface area contributed by atoms with Crippen molar-refractivity contribution in [3.63, 3.8) is 0 Å². The molecule has 1 aliphatic heterocycles. The van der Waals surface area contributed by atoms with Crippen molar-refractivity contribution in [2.75, 3.05) is 6.54 Å². The maximum Gasteiger partial charge on any atom is 0.251 e. The third-order valence-corrected chi connectivity index (χ3v) is 4.88. The number of aromatic nitrogens is 2. The van der Waals surface area contributed by atoms with Crippen molar-refractivity contribution in [3.8, 4) is 0 Å². The van der Waals surface area contributed by atoms with Gasteiger partial charge in [0.25, 0.3) is 5.91 Å². The van der Waals surface area contributed by atoms with Crippen molar-refractivity contribution in [1.29, 1.82) is 0 Å². The number of rotatable bonds is 6. The van der Waals surface area contributed by atoms with Crippen LogP contribution in [0.1, 0.15) is 40.0 Å². The number of amides is 2. The first kappa shape index (κ1) is 19.7. The zero-order chi connectivity index (χ0) is 21.1. The average molecular weight is 412 g/mol. The second kappa shape index (κ2) is 8.40. The van der Waals surface area contributed by atoms with Crippen molar-refractivity contribution in [3.05, 3.63) is 83.0 Å². The van der Waals surface area contributed by atoms with Crippen LogP contribution < -0.4 is 5.32 Å². The molecule has 0 aliphatic carbocycles. The highest BCUT2D eigenvalue weighted by Crippen LogP contribution is 2.28. The number of carbonyl (C=O) groups is 2. The molecule has 2 amide bonds. The van der Waals surface area contributed by atoms with Crippen LogP contribution in [-0.2, 0) is 17.9 Å². The molecule has 0 radical (unpaired) electrons. The Labute approximate surface area is 170 Å². The summed E-state index contributed by atoms with van der Waals surface area (Å²) in [6.07, 6.45) is 0.165. The lowest BCUT2D eigenvalue weighted by atomic mass is 10.1. The molecular weight excluding hydrogens is 394 g/mol. The van der Waals surface area contributed by atoms with E-state index in [1.165, 1.54) is 11.0 Å². The Morgan fingerprint density at radius 2 is 2.00 bits per heavy atom. The predicted molar refractivity (Wildman–Crippen MR) is 101 cm³/mol. The third kappa shape index (κ3) is 4.35. The first-order valence-electron chi connectivity index (χ1n) is 9.37. The molecule has 0 bridgehead atoms. The molecule has 1 aromatic heterocycles. The normalized spacial score (nSPS) is 16.1. The summed E-state index contributed by atoms with van der Waals surface area (Å²) in [5.74, 6) is -1.52. The van der Waals surface area contributed by atoms with Crippen molar-refractivity contribution in [1.82, 2.24) is 20.4 Å². The largest absolute Gasteiger partial charge is 0.343 e. The van der Waals surface area contributed by atoms with Crippen LogP contribution in [0.2, 0.25) is 0 Å². The van der Waals surface area contributed by atoms with E-state index in [-0.39, 0.29) is 48.7 Å². The van der Waals surface area contributed by atoms with E-state index in [1.54, 1.807) is 24.3 Å². The molecule has 1 atom stereocenters. The van der Waals surface area contributed by atoms with Crippen molar-refractivity contribution < 1.29 is 22.9 Å². The fourth-order valence-electron chi connectivity index (χ4n) is 3.31. The standard InChI is InChI=1S/C21H18F2N4O3/c22-16-7-6-14(17(23)9-16)11-27-12-15(8-19(27)28)20-25-18(30-26-20)10-24-21(29)13-4-2-1-3-5-13/h1-7,9,15H,8,10-12H2,(H,24,29). The number of likely N-dealkylation sites (tertiary alicyclic amines) is 1. The Morgan fingerprint density at radius 3 is 2.77 bits per heavy atom. The summed E-state index contributed by atoms with van der Waals surface area (Å²) in [7, 11) is 0. The minimum absolute atomic E-state index is 0.0410. The number of hydrogen-bond donors (Lipinski definition) is 1. The van der Waals surface area contributed by atoms with E-state index in [0.717, 1.165) is 12.1 Å². The van der Waals surface area contributed by atoms with Gasteiger partial charge in [0.1, 0.15) is 11.6 Å². The van der Waals surface area contributed by atoms with E-state index in [0.29, 0.717) is 17.9 Å². The highest BCUT2D eigenvalue weighted by atomic mass is 19.1. The first-order chi connectivity index (χ1) is 14.5. The maximum absolute atomic E-state index is 13.9. The topological polar surface area (TPSA) is 88.3 Å². The van der Waals surface area contributed by atoms with Gasteiger partial charge in [-0.3, -0.25) is 9.59 Å². The lowest BCUT2D eigenvalue weighted by molar-refractivity contribution is -0.128. The molecular formula is C21H18F2N4O3. The van der Waals surface area contributed by atoms with E-state index < -0.39 is 11.6 Å². The van der Waals surface area contributed by atoms with Crippen LogP contribution in [-0.4, -0.2) is 33.4 Å². The van der Waals surface area contributed by atoms with Crippen LogP contribution in [0.15, 0.2) is 53.1 Å². The fourth-order valence-corrected chi connectivity index (χ4v) is 3.31. The van der Waals surface area contributed by atoms with Crippen molar-refractivity contribution >= 4 is 11.8 Å². The summed E-state index contributed by atoms with van der Waals surface area (Å²) in [5, 5.41) is 6.61. The Morgan fingerprint density at radius 1 is 1.20 bits per heavy atom. The molecule has 1 N–H and O–H groups in total. The Kier molecular flexibility index (Phi) is 5.51. The minimum Gasteiger partial charge on any atom is -0.343 e. The zero-order valence-electron chi connectivity index (χ0n) is 15.8. The van der Waals surface area contributed by atoms with Gasteiger partial charge >= 0.3 is 0 Å². The third-order valence-electron chi connectivity index (χ3n) is 4.88. The van der Waals surface area contributed by atoms with Crippen LogP contribution in [0.3, 0.4) is 0 Å². The predicted octanol–water partition coefficient (Wildman–Crippen LogP) is 2.79. The monoisotopic (exact) mass is 412 g/mol. The Bertz CT molecular complexity index is 1070. The summed E-state index contributed by atoms with van der Waals surface area (Å²) in [6, 6.07) is 12.0. The highest BCUT2D eigenvalue weighted by Gasteiger charge is 2.34. The van der Waals surface area contributed by atoms with Gasteiger partial charge < -0.3 is 14.7 Å². The van der Waals surface area contributed by atoms with Gasteiger partial charge in [0.15, 0.2) is 5.82 Å². The summed E-state index contributed by atoms with van der Waals surface area (Å²) >= 11 is 0. The molecule has 30 heavy (non-hydrogen) atoms. The zero-order valence-corrected chi connectivity index (χ0v) is 15.8. The highest BCUT2D eigenvalue weighted by molar-refractivity contribution is 5.93. The van der Waals surface area contributed by atoms with Gasteiger partial charge in [0.2, 0.25) is 11.8 Å². The van der Waals surface area contributed by atoms with Gasteiger partial charge in [-0.25, -0.2) is 8.78 Å². The van der Waals surface area contributed by atoms with Crippen molar-refractivity contribution in [2.24, 2.45) is 0 Å². The van der Waals surface area contributed by atoms with Crippen molar-refractivity contribution in [2.45, 2.75) is 25.4 Å². The van der Waals surface area contributed by atoms with Crippen LogP contribution in [0.25, 0.3) is 0 Å². The molecule has 1 fully saturated rings. The summed E-state index contributed by atoms with van der Waals surface area (Å²) in [4.78, 5) is 30.1. The molecule has 1 saturated heterocycles. The average Bonchev–Trinajstić information content (AvgIpc) is 3.36. The fraction of sp³-hybridized carbons (Fsp3) is 0.238. The van der Waals surface area contributed by atoms with Crippen LogP contribution in [0.4, 0.5) is 8.78 Å². The number of carbonyl (C=O) groups excluding carboxylic acids is 2. The van der Waals surface area contributed by atoms with Gasteiger partial charge in [-0.05, 0) is 18.2 Å². The molecule has 1 aliphatic rings.